The van der Waals surface area contributed by atoms with E-state index in [0.717, 1.165) is 12.8 Å². The summed E-state index contributed by atoms with van der Waals surface area (Å²) in [5.41, 5.74) is 5.13. The summed E-state index contributed by atoms with van der Waals surface area (Å²) in [4.78, 5) is 14.5. The first-order valence-corrected chi connectivity index (χ1v) is 8.01. The quantitative estimate of drug-likeness (QED) is 0.761. The van der Waals surface area contributed by atoms with Crippen molar-refractivity contribution in [1.82, 2.24) is 19.2 Å². The summed E-state index contributed by atoms with van der Waals surface area (Å²) in [6, 6.07) is 0. The minimum Gasteiger partial charge on any atom is -0.361 e. The van der Waals surface area contributed by atoms with Crippen LogP contribution in [0.1, 0.15) is 43.2 Å². The Morgan fingerprint density at radius 2 is 2.05 bits per heavy atom. The second-order valence-corrected chi connectivity index (χ2v) is 7.52. The molecule has 0 unspecified atom stereocenters. The van der Waals surface area contributed by atoms with Gasteiger partial charge in [-0.1, -0.05) is 19.0 Å². The highest BCUT2D eigenvalue weighted by Gasteiger charge is 2.31. The molecule has 3 N–H and O–H groups in total. The maximum atomic E-state index is 12.1. The van der Waals surface area contributed by atoms with Crippen molar-refractivity contribution in [3.05, 3.63) is 11.7 Å². The lowest BCUT2D eigenvalue weighted by Crippen LogP contribution is -2.46. The van der Waals surface area contributed by atoms with Gasteiger partial charge in [-0.15, -0.1) is 0 Å². The fourth-order valence-electron chi connectivity index (χ4n) is 2.00. The number of primary amides is 1. The zero-order valence-electron chi connectivity index (χ0n) is 12.0. The van der Waals surface area contributed by atoms with Gasteiger partial charge < -0.3 is 10.3 Å². The number of nitrogens with two attached hydrogens (primary N) is 1. The molecule has 0 radical (unpaired) electrons. The van der Waals surface area contributed by atoms with Crippen molar-refractivity contribution in [3.63, 3.8) is 0 Å². The normalized spacial score (nSPS) is 19.5. The molecular formula is C11H19N5O4S. The monoisotopic (exact) mass is 317 g/mol. The summed E-state index contributed by atoms with van der Waals surface area (Å²) in [7, 11) is -3.60. The highest BCUT2D eigenvalue weighted by atomic mass is 32.2. The standard InChI is InChI=1S/C11H19N5O4S/c1-11(2)3-5-16(6-4-11)21(18,19)13-7-8-14-10(9(12)17)20-15-8/h13H,3-7H2,1-2H3,(H2,12,17). The lowest BCUT2D eigenvalue weighted by molar-refractivity contribution is 0.0958. The molecule has 0 atom stereocenters. The molecule has 10 heteroatoms. The van der Waals surface area contributed by atoms with Crippen LogP contribution in [0.15, 0.2) is 4.52 Å². The average molecular weight is 317 g/mol. The van der Waals surface area contributed by atoms with E-state index in [1.54, 1.807) is 0 Å². The summed E-state index contributed by atoms with van der Waals surface area (Å²) < 4.78 is 32.7. The van der Waals surface area contributed by atoms with Crippen molar-refractivity contribution >= 4 is 16.1 Å². The van der Waals surface area contributed by atoms with Gasteiger partial charge in [0.05, 0.1) is 6.54 Å². The fourth-order valence-corrected chi connectivity index (χ4v) is 3.16. The van der Waals surface area contributed by atoms with Crippen LogP contribution >= 0.6 is 0 Å². The summed E-state index contributed by atoms with van der Waals surface area (Å²) >= 11 is 0. The molecule has 1 fully saturated rings. The number of aromatic nitrogens is 2. The van der Waals surface area contributed by atoms with Crippen LogP contribution in [0.2, 0.25) is 0 Å². The number of carbonyl (C=O) groups is 1. The van der Waals surface area contributed by atoms with Gasteiger partial charge in [-0.3, -0.25) is 4.79 Å². The third-order valence-electron chi connectivity index (χ3n) is 3.51. The largest absolute Gasteiger partial charge is 0.361 e. The van der Waals surface area contributed by atoms with E-state index >= 15 is 0 Å². The maximum Gasteiger partial charge on any atom is 0.315 e. The van der Waals surface area contributed by atoms with Gasteiger partial charge in [-0.25, -0.2) is 0 Å². The van der Waals surface area contributed by atoms with Crippen molar-refractivity contribution in [2.75, 3.05) is 13.1 Å². The van der Waals surface area contributed by atoms with Crippen LogP contribution in [0.3, 0.4) is 0 Å². The maximum absolute atomic E-state index is 12.1. The van der Waals surface area contributed by atoms with Crippen molar-refractivity contribution in [3.8, 4) is 0 Å². The highest BCUT2D eigenvalue weighted by molar-refractivity contribution is 7.87. The van der Waals surface area contributed by atoms with E-state index in [1.165, 1.54) is 4.31 Å². The minimum atomic E-state index is -3.60. The Labute approximate surface area is 123 Å². The van der Waals surface area contributed by atoms with Gasteiger partial charge in [0, 0.05) is 13.1 Å². The van der Waals surface area contributed by atoms with Crippen LogP contribution in [0, 0.1) is 5.41 Å². The third-order valence-corrected chi connectivity index (χ3v) is 5.06. The number of hydrogen-bond donors (Lipinski definition) is 2. The van der Waals surface area contributed by atoms with Gasteiger partial charge in [0.25, 0.3) is 10.2 Å². The molecule has 2 rings (SSSR count). The third kappa shape index (κ3) is 3.99. The van der Waals surface area contributed by atoms with E-state index in [9.17, 15) is 13.2 Å². The molecule has 9 nitrogen and oxygen atoms in total. The second-order valence-electron chi connectivity index (χ2n) is 5.77. The lowest BCUT2D eigenvalue weighted by atomic mass is 9.83. The molecule has 1 aliphatic rings. The number of carbonyl (C=O) groups excluding carboxylic acids is 1. The number of hydrogen-bond acceptors (Lipinski definition) is 6. The molecule has 0 bridgehead atoms. The van der Waals surface area contributed by atoms with E-state index in [2.05, 4.69) is 33.2 Å². The van der Waals surface area contributed by atoms with E-state index in [4.69, 9.17) is 5.73 Å². The summed E-state index contributed by atoms with van der Waals surface area (Å²) in [5.74, 6) is -1.14. The van der Waals surface area contributed by atoms with Crippen LogP contribution in [0.5, 0.6) is 0 Å². The molecular weight excluding hydrogens is 298 g/mol. The lowest BCUT2D eigenvalue weighted by Gasteiger charge is -2.35. The van der Waals surface area contributed by atoms with Gasteiger partial charge in [0.15, 0.2) is 5.82 Å². The first-order valence-electron chi connectivity index (χ1n) is 6.57. The van der Waals surface area contributed by atoms with Crippen molar-refractivity contribution in [2.24, 2.45) is 11.1 Å². The van der Waals surface area contributed by atoms with Crippen LogP contribution in [0.25, 0.3) is 0 Å². The Morgan fingerprint density at radius 3 is 2.57 bits per heavy atom. The second kappa shape index (κ2) is 5.70. The number of piperidine rings is 1. The molecule has 1 aliphatic heterocycles. The van der Waals surface area contributed by atoms with Gasteiger partial charge in [-0.2, -0.15) is 22.4 Å². The van der Waals surface area contributed by atoms with Crippen LogP contribution in [-0.2, 0) is 16.8 Å². The molecule has 1 aromatic heterocycles. The highest BCUT2D eigenvalue weighted by Crippen LogP contribution is 2.30. The predicted molar refractivity (Wildman–Crippen MR) is 73.2 cm³/mol. The summed E-state index contributed by atoms with van der Waals surface area (Å²) in [6.45, 7) is 5.03. The summed E-state index contributed by atoms with van der Waals surface area (Å²) in [6.07, 6.45) is 1.61. The van der Waals surface area contributed by atoms with Gasteiger partial charge in [0.1, 0.15) is 0 Å². The zero-order chi connectivity index (χ0) is 15.7. The Balaban J connectivity index is 1.93. The SMILES string of the molecule is CC1(C)CCN(S(=O)(=O)NCc2noc(C(N)=O)n2)CC1. The number of nitrogens with zero attached hydrogens (tertiary/aromatic N) is 3. The molecule has 0 spiro atoms. The minimum absolute atomic E-state index is 0.0599. The average Bonchev–Trinajstić information content (AvgIpc) is 2.85. The van der Waals surface area contributed by atoms with Crippen LogP contribution in [0.4, 0.5) is 0 Å². The van der Waals surface area contributed by atoms with Crippen molar-refractivity contribution in [1.29, 1.82) is 0 Å². The Kier molecular flexibility index (Phi) is 4.30. The van der Waals surface area contributed by atoms with Crippen molar-refractivity contribution in [2.45, 2.75) is 33.2 Å². The van der Waals surface area contributed by atoms with Crippen LogP contribution < -0.4 is 10.5 Å². The molecule has 0 aromatic carbocycles. The van der Waals surface area contributed by atoms with E-state index < -0.39 is 16.1 Å². The van der Waals surface area contributed by atoms with Crippen molar-refractivity contribution < 1.29 is 17.7 Å². The summed E-state index contributed by atoms with van der Waals surface area (Å²) in [5, 5.41) is 3.48. The van der Waals surface area contributed by atoms with Gasteiger partial charge in [-0.05, 0) is 18.3 Å². The molecule has 1 amide bonds. The number of rotatable bonds is 5. The van der Waals surface area contributed by atoms with E-state index in [-0.39, 0.29) is 23.7 Å². The Morgan fingerprint density at radius 1 is 1.43 bits per heavy atom. The first-order chi connectivity index (χ1) is 9.70. The smallest absolute Gasteiger partial charge is 0.315 e. The number of amides is 1. The predicted octanol–water partition coefficient (Wildman–Crippen LogP) is -0.375. The van der Waals surface area contributed by atoms with Crippen LogP contribution in [-0.4, -0.2) is 41.9 Å². The van der Waals surface area contributed by atoms with Gasteiger partial charge in [0.2, 0.25) is 0 Å². The molecule has 1 aromatic rings. The first kappa shape index (κ1) is 15.9. The van der Waals surface area contributed by atoms with Gasteiger partial charge >= 0.3 is 11.8 Å². The molecule has 0 saturated carbocycles. The molecule has 118 valence electrons. The fraction of sp³-hybridized carbons (Fsp3) is 0.727. The molecule has 2 heterocycles. The Hall–Kier alpha value is -1.52. The zero-order valence-corrected chi connectivity index (χ0v) is 12.8. The van der Waals surface area contributed by atoms with E-state index in [0.29, 0.717) is 13.1 Å². The molecule has 0 aliphatic carbocycles. The topological polar surface area (TPSA) is 131 Å². The molecule has 1 saturated heterocycles. The molecule has 21 heavy (non-hydrogen) atoms. The van der Waals surface area contributed by atoms with E-state index in [1.807, 2.05) is 0 Å². The number of nitrogens with one attached hydrogen (secondary N) is 1. The Bertz CT molecular complexity index is 614.